The predicted octanol–water partition coefficient (Wildman–Crippen LogP) is 3.10. The first-order chi connectivity index (χ1) is 8.66. The molecule has 1 heterocycles. The average Bonchev–Trinajstić information content (AvgIpc) is 2.40. The van der Waals surface area contributed by atoms with Crippen molar-refractivity contribution in [3.63, 3.8) is 0 Å². The molecule has 0 saturated carbocycles. The Morgan fingerprint density at radius 1 is 1.50 bits per heavy atom. The smallest absolute Gasteiger partial charge is 0.375 e. The zero-order valence-corrected chi connectivity index (χ0v) is 10.3. The zero-order valence-electron chi connectivity index (χ0n) is 10.3. The second-order valence-corrected chi connectivity index (χ2v) is 4.44. The van der Waals surface area contributed by atoms with Crippen LogP contribution < -0.4 is 0 Å². The number of carboxylic acids is 1. The third kappa shape index (κ3) is 3.03. The summed E-state index contributed by atoms with van der Waals surface area (Å²) in [5.41, 5.74) is 1.35. The van der Waals surface area contributed by atoms with E-state index >= 15 is 0 Å². The quantitative estimate of drug-likeness (QED) is 0.830. The summed E-state index contributed by atoms with van der Waals surface area (Å²) in [6.07, 6.45) is 11.8. The minimum Gasteiger partial charge on any atom is -0.475 e. The normalized spacial score (nSPS) is 19.9. The van der Waals surface area contributed by atoms with Crippen LogP contribution >= 0.6 is 0 Å². The van der Waals surface area contributed by atoms with Gasteiger partial charge >= 0.3 is 5.97 Å². The van der Waals surface area contributed by atoms with Crippen LogP contribution in [0.2, 0.25) is 0 Å². The molecule has 2 aliphatic rings. The van der Waals surface area contributed by atoms with E-state index in [0.29, 0.717) is 5.76 Å². The molecule has 0 amide bonds. The maximum atomic E-state index is 10.8. The summed E-state index contributed by atoms with van der Waals surface area (Å²) in [4.78, 5) is 10.8. The van der Waals surface area contributed by atoms with E-state index < -0.39 is 5.97 Å². The van der Waals surface area contributed by atoms with E-state index in [0.717, 1.165) is 25.5 Å². The van der Waals surface area contributed by atoms with Crippen LogP contribution in [0, 0.1) is 5.92 Å². The second kappa shape index (κ2) is 5.58. The Hall–Kier alpha value is -1.97. The predicted molar refractivity (Wildman–Crippen MR) is 66.2 cm³/mol. The lowest BCUT2D eigenvalue weighted by Gasteiger charge is -2.20. The number of aliphatic carboxylic acids is 1. The Bertz CT molecular complexity index is 454. The van der Waals surface area contributed by atoms with Crippen molar-refractivity contribution in [2.45, 2.75) is 26.2 Å². The van der Waals surface area contributed by atoms with Gasteiger partial charge in [-0.25, -0.2) is 4.79 Å². The van der Waals surface area contributed by atoms with Crippen molar-refractivity contribution in [1.82, 2.24) is 0 Å². The highest BCUT2D eigenvalue weighted by atomic mass is 16.6. The van der Waals surface area contributed by atoms with Gasteiger partial charge in [-0.15, -0.1) is 0 Å². The molecular formula is C14H16O4. The molecule has 4 heteroatoms. The molecule has 1 atom stereocenters. The maximum Gasteiger partial charge on any atom is 0.375 e. The van der Waals surface area contributed by atoms with E-state index in [9.17, 15) is 4.79 Å². The molecule has 1 aliphatic carbocycles. The van der Waals surface area contributed by atoms with Gasteiger partial charge in [-0.2, -0.15) is 0 Å². The van der Waals surface area contributed by atoms with E-state index in [1.54, 1.807) is 0 Å². The van der Waals surface area contributed by atoms with Crippen molar-refractivity contribution in [3.8, 4) is 0 Å². The van der Waals surface area contributed by atoms with Crippen LogP contribution in [-0.2, 0) is 14.3 Å². The van der Waals surface area contributed by atoms with E-state index in [1.165, 1.54) is 11.8 Å². The number of carboxylic acid groups (broad SMARTS) is 1. The number of carbonyl (C=O) groups is 1. The van der Waals surface area contributed by atoms with Gasteiger partial charge in [-0.1, -0.05) is 30.7 Å². The highest BCUT2D eigenvalue weighted by molar-refractivity contribution is 5.84. The largest absolute Gasteiger partial charge is 0.475 e. The lowest BCUT2D eigenvalue weighted by molar-refractivity contribution is -0.136. The fourth-order valence-corrected chi connectivity index (χ4v) is 1.97. The summed E-state index contributed by atoms with van der Waals surface area (Å²) in [5.74, 6) is -0.624. The molecule has 1 aliphatic heterocycles. The highest BCUT2D eigenvalue weighted by Crippen LogP contribution is 2.28. The summed E-state index contributed by atoms with van der Waals surface area (Å²) in [5, 5.41) is 8.84. The van der Waals surface area contributed by atoms with E-state index in [-0.39, 0.29) is 11.7 Å². The lowest BCUT2D eigenvalue weighted by atomic mass is 9.94. The molecular weight excluding hydrogens is 232 g/mol. The minimum absolute atomic E-state index is 0.103. The molecule has 0 radical (unpaired) electrons. The molecule has 0 bridgehead atoms. The molecule has 0 fully saturated rings. The third-order valence-electron chi connectivity index (χ3n) is 2.95. The fourth-order valence-electron chi connectivity index (χ4n) is 1.97. The average molecular weight is 248 g/mol. The first-order valence-electron chi connectivity index (χ1n) is 5.98. The van der Waals surface area contributed by atoms with E-state index in [1.807, 2.05) is 6.92 Å². The molecule has 1 unspecified atom stereocenters. The van der Waals surface area contributed by atoms with Crippen LogP contribution in [0.25, 0.3) is 0 Å². The number of hydrogen-bond donors (Lipinski definition) is 1. The van der Waals surface area contributed by atoms with Crippen LogP contribution in [0.1, 0.15) is 26.2 Å². The molecule has 0 spiro atoms. The molecule has 18 heavy (non-hydrogen) atoms. The summed E-state index contributed by atoms with van der Waals surface area (Å²) in [6.45, 7) is 2.00. The van der Waals surface area contributed by atoms with Crippen molar-refractivity contribution in [3.05, 3.63) is 47.8 Å². The molecule has 96 valence electrons. The van der Waals surface area contributed by atoms with Crippen molar-refractivity contribution < 1.29 is 19.4 Å². The second-order valence-electron chi connectivity index (χ2n) is 4.44. The standard InChI is InChI=1S/C14H16O4/c1-10(7-11-5-3-2-4-6-11)12-8-17-9-13(18-12)14(15)16/h2-3,5,8-10H,4,6-7H2,1H3,(H,15,16). The topological polar surface area (TPSA) is 55.8 Å². The Morgan fingerprint density at radius 2 is 2.33 bits per heavy atom. The first kappa shape index (κ1) is 12.5. The van der Waals surface area contributed by atoms with Crippen molar-refractivity contribution >= 4 is 5.97 Å². The first-order valence-corrected chi connectivity index (χ1v) is 5.98. The van der Waals surface area contributed by atoms with Crippen molar-refractivity contribution in [2.75, 3.05) is 0 Å². The molecule has 1 N–H and O–H groups in total. The summed E-state index contributed by atoms with van der Waals surface area (Å²) in [7, 11) is 0. The van der Waals surface area contributed by atoms with Gasteiger partial charge < -0.3 is 14.6 Å². The number of ether oxygens (including phenoxy) is 2. The Kier molecular flexibility index (Phi) is 3.87. The zero-order chi connectivity index (χ0) is 13.0. The third-order valence-corrected chi connectivity index (χ3v) is 2.95. The van der Waals surface area contributed by atoms with Gasteiger partial charge in [0.1, 0.15) is 18.3 Å². The molecule has 0 aromatic heterocycles. The molecule has 0 aromatic carbocycles. The monoisotopic (exact) mass is 248 g/mol. The van der Waals surface area contributed by atoms with Gasteiger partial charge in [-0.3, -0.25) is 0 Å². The number of rotatable bonds is 4. The summed E-state index contributed by atoms with van der Waals surface area (Å²) in [6, 6.07) is 0. The molecule has 2 rings (SSSR count). The van der Waals surface area contributed by atoms with E-state index in [4.69, 9.17) is 14.6 Å². The van der Waals surface area contributed by atoms with Gasteiger partial charge in [-0.05, 0) is 19.3 Å². The van der Waals surface area contributed by atoms with Crippen LogP contribution in [0.5, 0.6) is 0 Å². The van der Waals surface area contributed by atoms with Crippen molar-refractivity contribution in [1.29, 1.82) is 0 Å². The van der Waals surface area contributed by atoms with Gasteiger partial charge in [0.15, 0.2) is 0 Å². The summed E-state index contributed by atoms with van der Waals surface area (Å²) >= 11 is 0. The maximum absolute atomic E-state index is 10.8. The van der Waals surface area contributed by atoms with Gasteiger partial charge in [0, 0.05) is 5.92 Å². The minimum atomic E-state index is -1.12. The Balaban J connectivity index is 1.95. The van der Waals surface area contributed by atoms with E-state index in [2.05, 4.69) is 18.2 Å². The molecule has 4 nitrogen and oxygen atoms in total. The Labute approximate surface area is 106 Å². The van der Waals surface area contributed by atoms with Crippen LogP contribution in [0.3, 0.4) is 0 Å². The number of allylic oxidation sites excluding steroid dienone is 5. The fraction of sp³-hybridized carbons (Fsp3) is 0.357. The van der Waals surface area contributed by atoms with Crippen LogP contribution in [-0.4, -0.2) is 11.1 Å². The molecule has 0 saturated heterocycles. The van der Waals surface area contributed by atoms with Gasteiger partial charge in [0.25, 0.3) is 0 Å². The van der Waals surface area contributed by atoms with Gasteiger partial charge in [0.2, 0.25) is 5.76 Å². The Morgan fingerprint density at radius 3 is 3.00 bits per heavy atom. The van der Waals surface area contributed by atoms with Gasteiger partial charge in [0.05, 0.1) is 0 Å². The van der Waals surface area contributed by atoms with Crippen molar-refractivity contribution in [2.24, 2.45) is 5.92 Å². The van der Waals surface area contributed by atoms with Crippen LogP contribution in [0.4, 0.5) is 0 Å². The lowest BCUT2D eigenvalue weighted by Crippen LogP contribution is -2.13. The highest BCUT2D eigenvalue weighted by Gasteiger charge is 2.21. The SMILES string of the molecule is CC(CC1=CC=CCC1)C1=COC=C(C(=O)O)O1. The van der Waals surface area contributed by atoms with Crippen LogP contribution in [0.15, 0.2) is 47.8 Å². The summed E-state index contributed by atoms with van der Waals surface area (Å²) < 4.78 is 10.3. The molecule has 0 aromatic rings. The number of hydrogen-bond acceptors (Lipinski definition) is 3.